The van der Waals surface area contributed by atoms with Crippen LogP contribution in [0, 0.1) is 15.9 Å². The van der Waals surface area contributed by atoms with Crippen molar-refractivity contribution in [2.75, 3.05) is 11.9 Å². The van der Waals surface area contributed by atoms with Gasteiger partial charge in [0.15, 0.2) is 0 Å². The van der Waals surface area contributed by atoms with Crippen molar-refractivity contribution in [3.63, 3.8) is 0 Å². The van der Waals surface area contributed by atoms with E-state index in [4.69, 9.17) is 0 Å². The molecule has 1 aromatic carbocycles. The number of hydrogen-bond acceptors (Lipinski definition) is 3. The summed E-state index contributed by atoms with van der Waals surface area (Å²) in [5.41, 5.74) is 0.262. The van der Waals surface area contributed by atoms with Crippen molar-refractivity contribution in [3.05, 3.63) is 34.1 Å². The second-order valence-corrected chi connectivity index (χ2v) is 5.36. The molecule has 0 atom stereocenters. The number of unbranched alkanes of at least 4 members (excludes halogenated alkanes) is 7. The Morgan fingerprint density at radius 3 is 2.29 bits per heavy atom. The van der Waals surface area contributed by atoms with Crippen molar-refractivity contribution in [1.82, 2.24) is 0 Å². The highest BCUT2D eigenvalue weighted by atomic mass is 19.1. The highest BCUT2D eigenvalue weighted by Crippen LogP contribution is 2.20. The lowest BCUT2D eigenvalue weighted by Crippen LogP contribution is -2.02. The van der Waals surface area contributed by atoms with Crippen molar-refractivity contribution in [3.8, 4) is 0 Å². The zero-order valence-corrected chi connectivity index (χ0v) is 12.7. The van der Waals surface area contributed by atoms with Gasteiger partial charge in [-0.1, -0.05) is 51.9 Å². The molecule has 0 saturated carbocycles. The molecule has 0 bridgehead atoms. The molecule has 5 heteroatoms. The zero-order valence-electron chi connectivity index (χ0n) is 12.7. The Bertz CT molecular complexity index is 438. The van der Waals surface area contributed by atoms with Crippen LogP contribution in [0.15, 0.2) is 18.2 Å². The van der Waals surface area contributed by atoms with Crippen molar-refractivity contribution in [1.29, 1.82) is 0 Å². The van der Waals surface area contributed by atoms with Crippen LogP contribution in [0.25, 0.3) is 0 Å². The second kappa shape index (κ2) is 10.1. The first kappa shape index (κ1) is 17.4. The molecule has 1 N–H and O–H groups in total. The Labute approximate surface area is 125 Å². The lowest BCUT2D eigenvalue weighted by molar-refractivity contribution is -0.385. The van der Waals surface area contributed by atoms with Gasteiger partial charge in [0.25, 0.3) is 5.69 Å². The van der Waals surface area contributed by atoms with Gasteiger partial charge in [0.1, 0.15) is 5.82 Å². The van der Waals surface area contributed by atoms with Gasteiger partial charge in [-0.15, -0.1) is 0 Å². The average molecular weight is 296 g/mol. The Morgan fingerprint density at radius 1 is 1.05 bits per heavy atom. The molecule has 0 radical (unpaired) electrons. The number of halogens is 1. The third kappa shape index (κ3) is 7.63. The fraction of sp³-hybridized carbons (Fsp3) is 0.625. The van der Waals surface area contributed by atoms with Crippen molar-refractivity contribution >= 4 is 11.4 Å². The highest BCUT2D eigenvalue weighted by Gasteiger charge is 2.09. The van der Waals surface area contributed by atoms with Crippen LogP contribution in [0.1, 0.15) is 58.3 Å². The smallest absolute Gasteiger partial charge is 0.274 e. The molecule has 1 aromatic rings. The predicted octanol–water partition coefficient (Wildman–Crippen LogP) is 5.29. The summed E-state index contributed by atoms with van der Waals surface area (Å²) < 4.78 is 13.2. The molecule has 0 spiro atoms. The van der Waals surface area contributed by atoms with Crippen molar-refractivity contribution in [2.45, 2.75) is 58.3 Å². The molecular formula is C16H25FN2O2. The number of nitro benzene ring substituents is 1. The average Bonchev–Trinajstić information content (AvgIpc) is 2.45. The topological polar surface area (TPSA) is 55.2 Å². The molecule has 118 valence electrons. The number of nitro groups is 1. The van der Waals surface area contributed by atoms with E-state index in [1.807, 2.05) is 0 Å². The summed E-state index contributed by atoms with van der Waals surface area (Å²) in [5, 5.41) is 13.7. The van der Waals surface area contributed by atoms with Crippen LogP contribution < -0.4 is 5.32 Å². The first-order valence-electron chi connectivity index (χ1n) is 7.82. The molecule has 21 heavy (non-hydrogen) atoms. The molecule has 0 saturated heterocycles. The van der Waals surface area contributed by atoms with Crippen molar-refractivity contribution < 1.29 is 9.31 Å². The highest BCUT2D eigenvalue weighted by molar-refractivity contribution is 5.51. The molecule has 0 amide bonds. The molecule has 0 unspecified atom stereocenters. The Kier molecular flexibility index (Phi) is 8.40. The molecule has 1 rings (SSSR count). The lowest BCUT2D eigenvalue weighted by Gasteiger charge is -2.06. The summed E-state index contributed by atoms with van der Waals surface area (Å²) in [6.07, 6.45) is 9.83. The zero-order chi connectivity index (χ0) is 15.5. The lowest BCUT2D eigenvalue weighted by atomic mass is 10.1. The number of hydrogen-bond donors (Lipinski definition) is 1. The van der Waals surface area contributed by atoms with Gasteiger partial charge in [-0.2, -0.15) is 0 Å². The van der Waals surface area contributed by atoms with Crippen molar-refractivity contribution in [2.24, 2.45) is 0 Å². The van der Waals surface area contributed by atoms with Crippen LogP contribution in [0.4, 0.5) is 15.8 Å². The van der Waals surface area contributed by atoms with Crippen LogP contribution in [-0.4, -0.2) is 11.5 Å². The third-order valence-corrected chi connectivity index (χ3v) is 3.45. The van der Waals surface area contributed by atoms with Crippen LogP contribution in [0.5, 0.6) is 0 Å². The van der Waals surface area contributed by atoms with Gasteiger partial charge in [-0.25, -0.2) is 4.39 Å². The third-order valence-electron chi connectivity index (χ3n) is 3.45. The Hall–Kier alpha value is -1.65. The van der Waals surface area contributed by atoms with E-state index in [0.29, 0.717) is 5.69 Å². The molecule has 0 aliphatic carbocycles. The Balaban J connectivity index is 2.17. The maximum Gasteiger partial charge on any atom is 0.274 e. The fourth-order valence-corrected chi connectivity index (χ4v) is 2.27. The molecule has 0 aromatic heterocycles. The summed E-state index contributed by atoms with van der Waals surface area (Å²) >= 11 is 0. The monoisotopic (exact) mass is 296 g/mol. The first-order chi connectivity index (χ1) is 10.1. The fourth-order valence-electron chi connectivity index (χ4n) is 2.27. The summed E-state index contributed by atoms with van der Waals surface area (Å²) in [6, 6.07) is 3.59. The molecule has 0 heterocycles. The van der Waals surface area contributed by atoms with E-state index < -0.39 is 10.7 Å². The van der Waals surface area contributed by atoms with Gasteiger partial charge in [0.2, 0.25) is 0 Å². The number of non-ortho nitro benzene ring substituents is 1. The van der Waals surface area contributed by atoms with Crippen LogP contribution in [0.3, 0.4) is 0 Å². The maximum atomic E-state index is 13.2. The first-order valence-corrected chi connectivity index (χ1v) is 7.82. The van der Waals surface area contributed by atoms with E-state index in [1.54, 1.807) is 0 Å². The van der Waals surface area contributed by atoms with Gasteiger partial charge in [-0.05, 0) is 12.5 Å². The minimum Gasteiger partial charge on any atom is -0.385 e. The van der Waals surface area contributed by atoms with E-state index >= 15 is 0 Å². The largest absolute Gasteiger partial charge is 0.385 e. The van der Waals surface area contributed by atoms with E-state index in [2.05, 4.69) is 12.2 Å². The second-order valence-electron chi connectivity index (χ2n) is 5.36. The van der Waals surface area contributed by atoms with Gasteiger partial charge in [-0.3, -0.25) is 10.1 Å². The van der Waals surface area contributed by atoms with Crippen LogP contribution in [-0.2, 0) is 0 Å². The van der Waals surface area contributed by atoms with E-state index in [-0.39, 0.29) is 5.69 Å². The van der Waals surface area contributed by atoms with Gasteiger partial charge >= 0.3 is 0 Å². The number of benzene rings is 1. The standard InChI is InChI=1S/C16H25FN2O2/c1-2-3-4-5-6-7-8-9-10-18-15-11-14(17)12-16(13-15)19(20)21/h11-13,18H,2-10H2,1H3. The molecule has 0 fully saturated rings. The number of nitrogens with one attached hydrogen (secondary N) is 1. The summed E-state index contributed by atoms with van der Waals surface area (Å²) in [5.74, 6) is -0.581. The van der Waals surface area contributed by atoms with E-state index in [1.165, 1.54) is 50.7 Å². The van der Waals surface area contributed by atoms with E-state index in [9.17, 15) is 14.5 Å². The minimum absolute atomic E-state index is 0.214. The summed E-state index contributed by atoms with van der Waals surface area (Å²) in [6.45, 7) is 2.93. The number of nitrogens with zero attached hydrogens (tertiary/aromatic N) is 1. The summed E-state index contributed by atoms with van der Waals surface area (Å²) in [4.78, 5) is 10.1. The maximum absolute atomic E-state index is 13.2. The van der Waals surface area contributed by atoms with Gasteiger partial charge in [0.05, 0.1) is 11.0 Å². The quantitative estimate of drug-likeness (QED) is 0.343. The van der Waals surface area contributed by atoms with Crippen LogP contribution >= 0.6 is 0 Å². The van der Waals surface area contributed by atoms with Gasteiger partial charge in [0, 0.05) is 18.3 Å². The SMILES string of the molecule is CCCCCCCCCCNc1cc(F)cc([N+](=O)[O-])c1. The number of rotatable bonds is 11. The molecule has 0 aliphatic heterocycles. The molecular weight excluding hydrogens is 271 g/mol. The molecule has 0 aliphatic rings. The minimum atomic E-state index is -0.581. The predicted molar refractivity (Wildman–Crippen MR) is 84.2 cm³/mol. The van der Waals surface area contributed by atoms with Crippen LogP contribution in [0.2, 0.25) is 0 Å². The molecule has 4 nitrogen and oxygen atoms in total. The van der Waals surface area contributed by atoms with E-state index in [0.717, 1.165) is 25.5 Å². The number of anilines is 1. The Morgan fingerprint density at radius 2 is 1.67 bits per heavy atom. The summed E-state index contributed by atoms with van der Waals surface area (Å²) in [7, 11) is 0. The normalized spacial score (nSPS) is 10.6. The van der Waals surface area contributed by atoms with Gasteiger partial charge < -0.3 is 5.32 Å².